The molecule has 34 heavy (non-hydrogen) atoms. The number of amides is 2. The van der Waals surface area contributed by atoms with Gasteiger partial charge < -0.3 is 10.5 Å². The zero-order chi connectivity index (χ0) is 25.8. The van der Waals surface area contributed by atoms with Crippen LogP contribution in [-0.4, -0.2) is 37.0 Å². The normalized spacial score (nSPS) is 12.5. The van der Waals surface area contributed by atoms with Gasteiger partial charge in [0.05, 0.1) is 5.69 Å². The summed E-state index contributed by atoms with van der Waals surface area (Å²) in [4.78, 5) is 15.4. The van der Waals surface area contributed by atoms with Crippen molar-refractivity contribution in [1.29, 1.82) is 0 Å². The van der Waals surface area contributed by atoms with E-state index in [9.17, 15) is 18.0 Å². The third-order valence-electron chi connectivity index (χ3n) is 4.89. The highest BCUT2D eigenvalue weighted by molar-refractivity contribution is 6.31. The second kappa shape index (κ2) is 10.8. The van der Waals surface area contributed by atoms with Crippen LogP contribution in [0.4, 0.5) is 23.7 Å². The quantitative estimate of drug-likeness (QED) is 0.240. The van der Waals surface area contributed by atoms with Gasteiger partial charge in [-0.15, -0.1) is 0 Å². The van der Waals surface area contributed by atoms with E-state index in [0.717, 1.165) is 23.1 Å². The lowest BCUT2D eigenvalue weighted by Gasteiger charge is -2.24. The third-order valence-corrected chi connectivity index (χ3v) is 5.24. The van der Waals surface area contributed by atoms with Crippen LogP contribution in [0.25, 0.3) is 5.70 Å². The molecule has 2 rings (SSSR count). The van der Waals surface area contributed by atoms with Crippen molar-refractivity contribution >= 4 is 34.7 Å². The number of allylic oxidation sites excluding steroid dienone is 1. The molecule has 0 aromatic heterocycles. The van der Waals surface area contributed by atoms with Gasteiger partial charge in [-0.3, -0.25) is 10.0 Å². The average Bonchev–Trinajstić information content (AvgIpc) is 2.76. The molecule has 2 amide bonds. The van der Waals surface area contributed by atoms with E-state index in [1.165, 1.54) is 7.05 Å². The number of aliphatic imine (C=N–C) groups is 1. The number of nitrogens with zero attached hydrogens (tertiary/aromatic N) is 3. The number of nitrogens with two attached hydrogens (primary N) is 3. The first-order chi connectivity index (χ1) is 15.8. The summed E-state index contributed by atoms with van der Waals surface area (Å²) in [6.07, 6.45) is -3.82. The molecule has 0 saturated heterocycles. The van der Waals surface area contributed by atoms with Crippen molar-refractivity contribution in [3.05, 3.63) is 63.7 Å². The molecular weight excluding hydrogens is 473 g/mol. The molecule has 0 heterocycles. The Hall–Kier alpha value is -3.28. The van der Waals surface area contributed by atoms with Gasteiger partial charge in [0.1, 0.15) is 18.1 Å². The smallest absolute Gasteiger partial charge is 0.432 e. The number of rotatable bonds is 6. The first-order valence-corrected chi connectivity index (χ1v) is 10.3. The van der Waals surface area contributed by atoms with Crippen LogP contribution in [0.1, 0.15) is 22.3 Å². The van der Waals surface area contributed by atoms with Crippen LogP contribution < -0.4 is 27.2 Å². The highest BCUT2D eigenvalue weighted by Gasteiger charge is 2.34. The topological polar surface area (TPSA) is 123 Å². The maximum absolute atomic E-state index is 13.0. The van der Waals surface area contributed by atoms with E-state index < -0.39 is 17.9 Å². The van der Waals surface area contributed by atoms with Crippen molar-refractivity contribution < 1.29 is 22.7 Å². The minimum absolute atomic E-state index is 0.0457. The molecule has 0 unspecified atom stereocenters. The Balaban J connectivity index is 2.35. The van der Waals surface area contributed by atoms with Crippen LogP contribution in [0.2, 0.25) is 5.02 Å². The number of aryl methyl sites for hydroxylation is 2. The monoisotopic (exact) mass is 498 g/mol. The van der Waals surface area contributed by atoms with E-state index in [2.05, 4.69) is 4.99 Å². The summed E-state index contributed by atoms with van der Waals surface area (Å²) in [5, 5.41) is 1.99. The number of benzene rings is 2. The predicted molar refractivity (Wildman–Crippen MR) is 127 cm³/mol. The number of carbonyl (C=O) groups is 1. The number of halogens is 4. The summed E-state index contributed by atoms with van der Waals surface area (Å²) in [5.41, 5.74) is 7.13. The molecule has 6 N–H and O–H groups in total. The van der Waals surface area contributed by atoms with Gasteiger partial charge in [-0.05, 0) is 55.3 Å². The van der Waals surface area contributed by atoms with Crippen molar-refractivity contribution in [1.82, 2.24) is 5.01 Å². The van der Waals surface area contributed by atoms with Crippen LogP contribution in [0.3, 0.4) is 0 Å². The lowest BCUT2D eigenvalue weighted by molar-refractivity contribution is -0.0577. The number of ether oxygens (including phenoxy) is 1. The summed E-state index contributed by atoms with van der Waals surface area (Å²) in [6, 6.07) is 7.43. The highest BCUT2D eigenvalue weighted by Crippen LogP contribution is 2.31. The first kappa shape index (κ1) is 27.0. The number of anilines is 1. The highest BCUT2D eigenvalue weighted by atomic mass is 35.5. The summed E-state index contributed by atoms with van der Waals surface area (Å²) in [6.45, 7) is 3.37. The van der Waals surface area contributed by atoms with E-state index in [0.29, 0.717) is 38.7 Å². The fourth-order valence-electron chi connectivity index (χ4n) is 3.09. The van der Waals surface area contributed by atoms with Crippen LogP contribution in [0, 0.1) is 13.8 Å². The van der Waals surface area contributed by atoms with Gasteiger partial charge in [0.15, 0.2) is 0 Å². The van der Waals surface area contributed by atoms with Gasteiger partial charge in [0, 0.05) is 35.9 Å². The lowest BCUT2D eigenvalue weighted by Crippen LogP contribution is -2.49. The fourth-order valence-corrected chi connectivity index (χ4v) is 3.32. The van der Waals surface area contributed by atoms with Crippen molar-refractivity contribution in [3.8, 4) is 5.75 Å². The summed E-state index contributed by atoms with van der Waals surface area (Å²) in [5.74, 6) is 11.8. The Morgan fingerprint density at radius 3 is 2.41 bits per heavy atom. The Bertz CT molecular complexity index is 1130. The van der Waals surface area contributed by atoms with Gasteiger partial charge in [0.25, 0.3) is 0 Å². The average molecular weight is 499 g/mol. The second-order valence-corrected chi connectivity index (χ2v) is 7.84. The van der Waals surface area contributed by atoms with Gasteiger partial charge in [0.2, 0.25) is 0 Å². The first-order valence-electron chi connectivity index (χ1n) is 9.88. The van der Waals surface area contributed by atoms with Gasteiger partial charge in [-0.1, -0.05) is 17.7 Å². The third kappa shape index (κ3) is 6.19. The molecule has 12 heteroatoms. The molecule has 0 saturated carbocycles. The molecule has 0 aliphatic carbocycles. The van der Waals surface area contributed by atoms with Crippen molar-refractivity contribution in [2.24, 2.45) is 22.4 Å². The number of hydrazine groups is 2. The summed E-state index contributed by atoms with van der Waals surface area (Å²) < 4.78 is 45.0. The second-order valence-electron chi connectivity index (χ2n) is 7.43. The molecule has 0 radical (unpaired) electrons. The van der Waals surface area contributed by atoms with Crippen LogP contribution >= 0.6 is 11.6 Å². The molecular formula is C22H26ClF3N6O2. The van der Waals surface area contributed by atoms with Gasteiger partial charge >= 0.3 is 12.2 Å². The molecule has 0 aliphatic rings. The zero-order valence-electron chi connectivity index (χ0n) is 19.1. The Labute approximate surface area is 200 Å². The Kier molecular flexibility index (Phi) is 8.54. The predicted octanol–water partition coefficient (Wildman–Crippen LogP) is 4.07. The van der Waals surface area contributed by atoms with Crippen LogP contribution in [0.5, 0.6) is 5.75 Å². The largest absolute Gasteiger partial charge is 0.488 e. The molecule has 184 valence electrons. The number of urea groups is 1. The molecule has 0 spiro atoms. The molecule has 2 aromatic carbocycles. The molecule has 0 aliphatic heterocycles. The number of hydrogen-bond acceptors (Lipinski definition) is 6. The van der Waals surface area contributed by atoms with Crippen molar-refractivity contribution in [2.45, 2.75) is 26.6 Å². The fraction of sp³-hybridized carbons (Fsp3) is 0.273. The maximum atomic E-state index is 13.0. The molecule has 0 atom stereocenters. The lowest BCUT2D eigenvalue weighted by atomic mass is 10.0. The van der Waals surface area contributed by atoms with E-state index in [4.69, 9.17) is 33.8 Å². The number of alkyl halides is 3. The van der Waals surface area contributed by atoms with Crippen molar-refractivity contribution in [3.63, 3.8) is 0 Å². The van der Waals surface area contributed by atoms with Crippen LogP contribution in [-0.2, 0) is 6.61 Å². The minimum atomic E-state index is -4.62. The zero-order valence-corrected chi connectivity index (χ0v) is 19.8. The van der Waals surface area contributed by atoms with Crippen molar-refractivity contribution in [2.75, 3.05) is 19.1 Å². The van der Waals surface area contributed by atoms with E-state index in [1.807, 2.05) is 0 Å². The summed E-state index contributed by atoms with van der Waals surface area (Å²) in [7, 11) is 2.40. The molecule has 8 nitrogen and oxygen atoms in total. The summed E-state index contributed by atoms with van der Waals surface area (Å²) >= 11 is 6.32. The Morgan fingerprint density at radius 2 is 1.85 bits per heavy atom. The van der Waals surface area contributed by atoms with Crippen LogP contribution in [0.15, 0.2) is 41.4 Å². The van der Waals surface area contributed by atoms with E-state index in [-0.39, 0.29) is 12.3 Å². The standard InChI is InChI=1S/C22H26ClF3N6O2/c1-12-9-19(13(2)8-14(12)17(27)10-20(30-3)22(24,25)26)34-11-15-16(23)6-5-7-18(15)32(29)21(33)31(4)28/h5-10H,11,27-29H2,1-4H3. The van der Waals surface area contributed by atoms with E-state index >= 15 is 0 Å². The molecule has 2 aromatic rings. The molecule has 0 fully saturated rings. The van der Waals surface area contributed by atoms with Gasteiger partial charge in [-0.25, -0.2) is 21.5 Å². The Morgan fingerprint density at radius 1 is 1.21 bits per heavy atom. The minimum Gasteiger partial charge on any atom is -0.488 e. The van der Waals surface area contributed by atoms with E-state index in [1.54, 1.807) is 44.2 Å². The number of hydrogen-bond donors (Lipinski definition) is 3. The maximum Gasteiger partial charge on any atom is 0.432 e. The SMILES string of the molecule is CN=C(C=C(N)c1cc(C)c(OCc2c(Cl)cccc2N(N)C(=O)N(C)N)cc1C)C(F)(F)F. The molecule has 0 bridgehead atoms. The van der Waals surface area contributed by atoms with Gasteiger partial charge in [-0.2, -0.15) is 13.2 Å². The number of carbonyl (C=O) groups excluding carboxylic acids is 1.